The second-order valence-electron chi connectivity index (χ2n) is 14.7. The van der Waals surface area contributed by atoms with Crippen LogP contribution in [0.4, 0.5) is 5.69 Å². The van der Waals surface area contributed by atoms with Gasteiger partial charge in [0, 0.05) is 56.2 Å². The molecule has 3 aliphatic heterocycles. The third-order valence-corrected chi connectivity index (χ3v) is 12.2. The van der Waals surface area contributed by atoms with Gasteiger partial charge in [0.2, 0.25) is 11.7 Å². The number of halogens is 2. The second kappa shape index (κ2) is 18.9. The van der Waals surface area contributed by atoms with Crippen molar-refractivity contribution in [2.75, 3.05) is 98.4 Å². The Morgan fingerprint density at radius 1 is 0.804 bits per heavy atom. The third kappa shape index (κ3) is 9.37. The normalized spacial score (nSPS) is 19.8. The topological polar surface area (TPSA) is 104 Å². The molecule has 0 unspecified atom stereocenters. The molecule has 3 saturated heterocycles. The number of piperazine rings is 1. The quantitative estimate of drug-likeness (QED) is 0.179. The van der Waals surface area contributed by atoms with E-state index in [1.807, 2.05) is 65.4 Å². The number of carbonyl (C=O) groups excluding carboxylic acids is 3. The van der Waals surface area contributed by atoms with E-state index < -0.39 is 0 Å². The lowest BCUT2D eigenvalue weighted by molar-refractivity contribution is -0.145. The molecule has 302 valence electrons. The first-order chi connectivity index (χ1) is 27.1. The molecule has 0 bridgehead atoms. The Morgan fingerprint density at radius 3 is 2.09 bits per heavy atom. The van der Waals surface area contributed by atoms with Crippen molar-refractivity contribution < 1.29 is 33.3 Å². The Labute approximate surface area is 340 Å². The van der Waals surface area contributed by atoms with Gasteiger partial charge in [-0.2, -0.15) is 0 Å². The van der Waals surface area contributed by atoms with Crippen molar-refractivity contribution in [2.24, 2.45) is 5.92 Å². The number of hydrogen-bond acceptors (Lipinski definition) is 10. The summed E-state index contributed by atoms with van der Waals surface area (Å²) in [6.07, 6.45) is 3.05. The number of hydrogen-bond donors (Lipinski definition) is 0. The number of nitrogens with zero attached hydrogens (tertiary/aromatic N) is 5. The summed E-state index contributed by atoms with van der Waals surface area (Å²) in [5.74, 6) is 0.932. The standard InChI is InChI=1S/C42H53Cl2N5O7/c1-5-56-38(50)28-46-21-23-48(24-22-46)49(33-9-7-6-8-10-33)41(52)30-13-17-45(18-14-30)19-15-42(32-11-12-34(43)35(44)27-32)16-20-47(29-42)40(51)31-25-36(53-2)39(55-4)37(26-31)54-3/h6-12,25-27,30H,5,13-24,28-29H2,1-4H3/t42-/m1/s1. The number of methoxy groups -OCH3 is 3. The smallest absolute Gasteiger partial charge is 0.320 e. The molecular formula is C42H53Cl2N5O7. The lowest BCUT2D eigenvalue weighted by atomic mass is 9.76. The lowest BCUT2D eigenvalue weighted by Gasteiger charge is -2.43. The second-order valence-corrected chi connectivity index (χ2v) is 15.5. The first kappa shape index (κ1) is 41.6. The number of rotatable bonds is 14. The summed E-state index contributed by atoms with van der Waals surface area (Å²) in [5, 5.41) is 4.97. The van der Waals surface area contributed by atoms with E-state index in [4.69, 9.17) is 42.1 Å². The predicted molar refractivity (Wildman–Crippen MR) is 217 cm³/mol. The average Bonchev–Trinajstić information content (AvgIpc) is 3.67. The van der Waals surface area contributed by atoms with Gasteiger partial charge in [0.15, 0.2) is 11.5 Å². The number of para-hydroxylation sites is 1. The summed E-state index contributed by atoms with van der Waals surface area (Å²) >= 11 is 12.9. The maximum absolute atomic E-state index is 14.3. The Morgan fingerprint density at radius 2 is 1.48 bits per heavy atom. The molecule has 3 fully saturated rings. The number of hydrazine groups is 1. The van der Waals surface area contributed by atoms with Gasteiger partial charge in [0.1, 0.15) is 0 Å². The van der Waals surface area contributed by atoms with Gasteiger partial charge in [-0.1, -0.05) is 47.5 Å². The fourth-order valence-electron chi connectivity index (χ4n) is 8.28. The Hall–Kier alpha value is -4.07. The molecule has 3 aliphatic rings. The molecule has 3 aromatic rings. The number of likely N-dealkylation sites (tertiary alicyclic amines) is 2. The van der Waals surface area contributed by atoms with Gasteiger partial charge < -0.3 is 28.7 Å². The third-order valence-electron chi connectivity index (χ3n) is 11.4. The maximum Gasteiger partial charge on any atom is 0.320 e. The molecule has 0 spiro atoms. The van der Waals surface area contributed by atoms with Gasteiger partial charge in [-0.25, -0.2) is 10.0 Å². The van der Waals surface area contributed by atoms with Crippen molar-refractivity contribution in [3.63, 3.8) is 0 Å². The first-order valence-corrected chi connectivity index (χ1v) is 20.1. The summed E-state index contributed by atoms with van der Waals surface area (Å²) in [5.41, 5.74) is 2.02. The number of anilines is 1. The highest BCUT2D eigenvalue weighted by molar-refractivity contribution is 6.42. The molecule has 0 aromatic heterocycles. The Kier molecular flexibility index (Phi) is 14.0. The molecule has 14 heteroatoms. The summed E-state index contributed by atoms with van der Waals surface area (Å²) in [6, 6.07) is 19.0. The van der Waals surface area contributed by atoms with Crippen LogP contribution in [-0.4, -0.2) is 131 Å². The zero-order chi connectivity index (χ0) is 39.8. The van der Waals surface area contributed by atoms with Crippen molar-refractivity contribution in [3.8, 4) is 17.2 Å². The highest BCUT2D eigenvalue weighted by Gasteiger charge is 2.43. The molecule has 3 heterocycles. The first-order valence-electron chi connectivity index (χ1n) is 19.4. The molecule has 6 rings (SSSR count). The van der Waals surface area contributed by atoms with E-state index in [1.54, 1.807) is 12.1 Å². The van der Waals surface area contributed by atoms with E-state index in [0.29, 0.717) is 78.7 Å². The van der Waals surface area contributed by atoms with E-state index in [2.05, 4.69) is 14.8 Å². The van der Waals surface area contributed by atoms with Gasteiger partial charge in [-0.15, -0.1) is 0 Å². The number of piperidine rings is 1. The Bertz CT molecular complexity index is 1810. The number of carbonyl (C=O) groups is 3. The van der Waals surface area contributed by atoms with Crippen LogP contribution in [0.3, 0.4) is 0 Å². The highest BCUT2D eigenvalue weighted by Crippen LogP contribution is 2.43. The van der Waals surface area contributed by atoms with Crippen molar-refractivity contribution in [3.05, 3.63) is 81.8 Å². The van der Waals surface area contributed by atoms with Crippen LogP contribution < -0.4 is 19.2 Å². The molecule has 2 amide bonds. The van der Waals surface area contributed by atoms with Crippen molar-refractivity contribution in [2.45, 2.75) is 38.0 Å². The molecule has 0 radical (unpaired) electrons. The van der Waals surface area contributed by atoms with E-state index in [1.165, 1.54) is 21.3 Å². The van der Waals surface area contributed by atoms with E-state index in [0.717, 1.165) is 56.6 Å². The summed E-state index contributed by atoms with van der Waals surface area (Å²) in [7, 11) is 4.61. The van der Waals surface area contributed by atoms with Crippen LogP contribution in [-0.2, 0) is 19.7 Å². The molecular weight excluding hydrogens is 757 g/mol. The fourth-order valence-corrected chi connectivity index (χ4v) is 8.57. The van der Waals surface area contributed by atoms with Gasteiger partial charge in [0.05, 0.1) is 50.2 Å². The average molecular weight is 811 g/mol. The SMILES string of the molecule is CCOC(=O)CN1CCN(N(C(=O)C2CCN(CC[C@@]3(c4ccc(Cl)c(Cl)c4)CCN(C(=O)c4cc(OC)c(OC)c(OC)c4)C3)CC2)c2ccccc2)CC1. The highest BCUT2D eigenvalue weighted by atomic mass is 35.5. The molecule has 0 N–H and O–H groups in total. The molecule has 3 aromatic carbocycles. The fraction of sp³-hybridized carbons (Fsp3) is 0.500. The number of benzene rings is 3. The number of ether oxygens (including phenoxy) is 4. The largest absolute Gasteiger partial charge is 0.493 e. The van der Waals surface area contributed by atoms with Crippen molar-refractivity contribution in [1.29, 1.82) is 0 Å². The monoisotopic (exact) mass is 809 g/mol. The van der Waals surface area contributed by atoms with E-state index >= 15 is 0 Å². The van der Waals surface area contributed by atoms with Gasteiger partial charge in [-0.05, 0) is 94.2 Å². The Balaban J connectivity index is 1.12. The van der Waals surface area contributed by atoms with Gasteiger partial charge in [0.25, 0.3) is 5.91 Å². The van der Waals surface area contributed by atoms with Crippen molar-refractivity contribution in [1.82, 2.24) is 19.7 Å². The number of amides is 2. The number of esters is 1. The molecule has 0 aliphatic carbocycles. The van der Waals surface area contributed by atoms with Gasteiger partial charge >= 0.3 is 5.97 Å². The zero-order valence-electron chi connectivity index (χ0n) is 32.8. The zero-order valence-corrected chi connectivity index (χ0v) is 34.3. The van der Waals surface area contributed by atoms with Crippen LogP contribution in [0, 0.1) is 5.92 Å². The summed E-state index contributed by atoms with van der Waals surface area (Å²) in [4.78, 5) is 46.9. The molecule has 0 saturated carbocycles. The van der Waals surface area contributed by atoms with Crippen LogP contribution >= 0.6 is 23.2 Å². The molecule has 12 nitrogen and oxygen atoms in total. The minimum Gasteiger partial charge on any atom is -0.493 e. The minimum absolute atomic E-state index is 0.110. The summed E-state index contributed by atoms with van der Waals surface area (Å²) < 4.78 is 21.7. The molecule has 1 atom stereocenters. The van der Waals surface area contributed by atoms with Crippen LogP contribution in [0.25, 0.3) is 0 Å². The van der Waals surface area contributed by atoms with E-state index in [-0.39, 0.29) is 35.7 Å². The lowest BCUT2D eigenvalue weighted by Crippen LogP contribution is -2.58. The van der Waals surface area contributed by atoms with E-state index in [9.17, 15) is 14.4 Å². The van der Waals surface area contributed by atoms with Crippen LogP contribution in [0.1, 0.15) is 48.5 Å². The van der Waals surface area contributed by atoms with Crippen LogP contribution in [0.5, 0.6) is 17.2 Å². The minimum atomic E-state index is -0.350. The maximum atomic E-state index is 14.3. The predicted octanol–water partition coefficient (Wildman–Crippen LogP) is 6.03. The van der Waals surface area contributed by atoms with Crippen LogP contribution in [0.2, 0.25) is 10.0 Å². The van der Waals surface area contributed by atoms with Gasteiger partial charge in [-0.3, -0.25) is 19.3 Å². The van der Waals surface area contributed by atoms with Crippen LogP contribution in [0.15, 0.2) is 60.7 Å². The van der Waals surface area contributed by atoms with Crippen molar-refractivity contribution >= 4 is 46.7 Å². The summed E-state index contributed by atoms with van der Waals surface area (Å²) in [6.45, 7) is 8.49. The molecule has 56 heavy (non-hydrogen) atoms.